The Hall–Kier alpha value is -4.04. The Morgan fingerprint density at radius 3 is 1.42 bits per heavy atom. The average Bonchev–Trinajstić information content (AvgIpc) is 3.13. The van der Waals surface area contributed by atoms with Gasteiger partial charge in [0.15, 0.2) is 0 Å². The molecular formula is C44H38BrClMgO. The van der Waals surface area contributed by atoms with Gasteiger partial charge in [-0.2, -0.15) is 35.9 Å². The summed E-state index contributed by atoms with van der Waals surface area (Å²) in [5, 5.41) is 0.744. The first-order valence-corrected chi connectivity index (χ1v) is 15.8. The zero-order valence-electron chi connectivity index (χ0n) is 27.5. The van der Waals surface area contributed by atoms with Crippen molar-refractivity contribution in [2.24, 2.45) is 0 Å². The maximum Gasteiger partial charge on any atom is 2.00 e. The molecule has 4 heteroatoms. The summed E-state index contributed by atoms with van der Waals surface area (Å²) in [6.45, 7) is 4.89. The summed E-state index contributed by atoms with van der Waals surface area (Å²) >= 11 is 6.81. The van der Waals surface area contributed by atoms with Gasteiger partial charge >= 0.3 is 23.1 Å². The van der Waals surface area contributed by atoms with Crippen LogP contribution in [0.2, 0.25) is 0 Å². The second kappa shape index (κ2) is 23.3. The topological polar surface area (TPSA) is 9.23 Å². The van der Waals surface area contributed by atoms with Gasteiger partial charge < -0.3 is 21.7 Å². The molecule has 0 amide bonds. The van der Waals surface area contributed by atoms with Crippen molar-refractivity contribution in [3.05, 3.63) is 209 Å². The summed E-state index contributed by atoms with van der Waals surface area (Å²) in [5.41, 5.74) is 7.60. The maximum atomic E-state index is 6.81. The molecule has 0 fully saturated rings. The minimum atomic E-state index is 0. The molecule has 0 saturated carbocycles. The van der Waals surface area contributed by atoms with Crippen molar-refractivity contribution < 1.29 is 21.7 Å². The molecule has 0 aliphatic carbocycles. The van der Waals surface area contributed by atoms with E-state index in [9.17, 15) is 0 Å². The quantitative estimate of drug-likeness (QED) is 0.0731. The predicted octanol–water partition coefficient (Wildman–Crippen LogP) is 8.14. The molecule has 0 saturated heterocycles. The fourth-order valence-electron chi connectivity index (χ4n) is 4.35. The third-order valence-electron chi connectivity index (χ3n) is 6.71. The summed E-state index contributed by atoms with van der Waals surface area (Å²) in [5.74, 6) is 7.11. The molecule has 0 aliphatic rings. The molecule has 0 aromatic heterocycles. The molecule has 0 aliphatic heterocycles. The van der Waals surface area contributed by atoms with E-state index in [-0.39, 0.29) is 40.0 Å². The summed E-state index contributed by atoms with van der Waals surface area (Å²) in [7, 11) is 0. The van der Waals surface area contributed by atoms with E-state index in [2.05, 4.69) is 56.0 Å². The van der Waals surface area contributed by atoms with E-state index in [1.54, 1.807) is 0 Å². The van der Waals surface area contributed by atoms with Crippen LogP contribution in [0.5, 0.6) is 5.75 Å². The van der Waals surface area contributed by atoms with Gasteiger partial charge in [0.1, 0.15) is 5.75 Å². The van der Waals surface area contributed by atoms with Gasteiger partial charge in [0.05, 0.1) is 11.6 Å². The second-order valence-electron chi connectivity index (χ2n) is 10.4. The van der Waals surface area contributed by atoms with Gasteiger partial charge in [0.2, 0.25) is 0 Å². The van der Waals surface area contributed by atoms with Crippen molar-refractivity contribution in [2.75, 3.05) is 6.61 Å². The van der Waals surface area contributed by atoms with Gasteiger partial charge in [-0.1, -0.05) is 146 Å². The number of benzene rings is 6. The molecular weight excluding hydrogens is 684 g/mol. The second-order valence-corrected chi connectivity index (χ2v) is 10.7. The fraction of sp³-hybridized carbons (Fsp3) is 0.0909. The number of hydrogen-bond donors (Lipinski definition) is 0. The van der Waals surface area contributed by atoms with Crippen molar-refractivity contribution in [2.45, 2.75) is 20.3 Å². The molecule has 0 unspecified atom stereocenters. The molecule has 0 radical (unpaired) electrons. The van der Waals surface area contributed by atoms with Crippen molar-refractivity contribution in [1.82, 2.24) is 0 Å². The molecule has 0 bridgehead atoms. The van der Waals surface area contributed by atoms with Crippen LogP contribution >= 0.6 is 11.6 Å². The standard InChI is InChI=1S/C23H21ClO.C14H10.C7H7.BrH.Mg/c1-2-17-25-21-15-13-19(14-16-21)22(18-9-5-3-6-10-18)23(24)20-11-7-4-8-12-20;1-3-7-13(8-4-1)11-12-14-9-5-2-6-10-14;1-7-5-3-2-4-6-7;;/h3-16H,2,17H2,1H3;1-10H;3-6H,1H3;1H;/q;;-1;;+2/p-1/b23-22-;;;;. The van der Waals surface area contributed by atoms with E-state index in [0.29, 0.717) is 0 Å². The number of rotatable bonds is 6. The number of ether oxygens (including phenoxy) is 1. The Labute approximate surface area is 318 Å². The van der Waals surface area contributed by atoms with Crippen LogP contribution in [0.3, 0.4) is 0 Å². The Morgan fingerprint density at radius 2 is 1.00 bits per heavy atom. The van der Waals surface area contributed by atoms with Crippen LogP contribution in [0.15, 0.2) is 170 Å². The molecule has 0 heterocycles. The van der Waals surface area contributed by atoms with Gasteiger partial charge in [0, 0.05) is 16.7 Å². The Balaban J connectivity index is 0.000000292. The third kappa shape index (κ3) is 14.0. The summed E-state index contributed by atoms with van der Waals surface area (Å²) < 4.78 is 5.69. The smallest absolute Gasteiger partial charge is 1.00 e. The molecule has 6 aromatic rings. The van der Waals surface area contributed by atoms with Crippen molar-refractivity contribution in [3.8, 4) is 17.6 Å². The average molecular weight is 722 g/mol. The summed E-state index contributed by atoms with van der Waals surface area (Å²) in [4.78, 5) is 0. The Morgan fingerprint density at radius 1 is 0.583 bits per heavy atom. The molecule has 0 N–H and O–H groups in total. The zero-order chi connectivity index (χ0) is 32.2. The first-order chi connectivity index (χ1) is 22.6. The summed E-state index contributed by atoms with van der Waals surface area (Å²) in [6.07, 6.45) is 0.997. The zero-order valence-corrected chi connectivity index (χ0v) is 31.2. The van der Waals surface area contributed by atoms with E-state index in [1.807, 2.05) is 146 Å². The van der Waals surface area contributed by atoms with Crippen LogP contribution in [0.25, 0.3) is 10.6 Å². The maximum absolute atomic E-state index is 6.81. The van der Waals surface area contributed by atoms with E-state index < -0.39 is 0 Å². The molecule has 48 heavy (non-hydrogen) atoms. The molecule has 1 nitrogen and oxygen atoms in total. The van der Waals surface area contributed by atoms with Crippen LogP contribution in [-0.2, 0) is 0 Å². The predicted molar refractivity (Wildman–Crippen MR) is 202 cm³/mol. The largest absolute Gasteiger partial charge is 2.00 e. The molecule has 236 valence electrons. The van der Waals surface area contributed by atoms with Crippen LogP contribution in [0.1, 0.15) is 46.7 Å². The minimum Gasteiger partial charge on any atom is -1.00 e. The van der Waals surface area contributed by atoms with E-state index >= 15 is 0 Å². The SMILES string of the molecule is C(#Cc1ccccc1)c1ccccc1.CCCOc1ccc(/C(=C(\Cl)c2ccccc2)c2ccccc2)cc1.Cc1cc[c-]cc1.[Br-].[Mg+2]. The Kier molecular flexibility index (Phi) is 19.5. The van der Waals surface area contributed by atoms with E-state index in [1.165, 1.54) is 5.56 Å². The third-order valence-corrected chi connectivity index (χ3v) is 7.12. The van der Waals surface area contributed by atoms with Gasteiger partial charge in [-0.15, -0.1) is 0 Å². The number of halogens is 2. The van der Waals surface area contributed by atoms with E-state index in [0.717, 1.165) is 57.2 Å². The van der Waals surface area contributed by atoms with Crippen molar-refractivity contribution in [3.63, 3.8) is 0 Å². The van der Waals surface area contributed by atoms with Crippen LogP contribution in [-0.4, -0.2) is 29.7 Å². The van der Waals surface area contributed by atoms with Crippen molar-refractivity contribution in [1.29, 1.82) is 0 Å². The van der Waals surface area contributed by atoms with Crippen LogP contribution in [0.4, 0.5) is 0 Å². The molecule has 0 atom stereocenters. The van der Waals surface area contributed by atoms with Crippen LogP contribution < -0.4 is 21.7 Å². The van der Waals surface area contributed by atoms with Crippen molar-refractivity contribution >= 4 is 45.3 Å². The monoisotopic (exact) mass is 720 g/mol. The molecule has 6 aromatic carbocycles. The first-order valence-electron chi connectivity index (χ1n) is 15.4. The fourth-order valence-corrected chi connectivity index (χ4v) is 4.69. The Bertz CT molecular complexity index is 1760. The molecule has 0 spiro atoms. The van der Waals surface area contributed by atoms with Gasteiger partial charge in [-0.25, -0.2) is 0 Å². The molecule has 6 rings (SSSR count). The summed E-state index contributed by atoms with van der Waals surface area (Å²) in [6, 6.07) is 59.3. The number of aryl methyl sites for hydroxylation is 1. The normalized spacial score (nSPS) is 9.98. The van der Waals surface area contributed by atoms with Gasteiger partial charge in [0.25, 0.3) is 0 Å². The van der Waals surface area contributed by atoms with Gasteiger partial charge in [-0.05, 0) is 59.5 Å². The number of hydrogen-bond acceptors (Lipinski definition) is 1. The first kappa shape index (κ1) is 40.1. The van der Waals surface area contributed by atoms with E-state index in [4.69, 9.17) is 16.3 Å². The minimum absolute atomic E-state index is 0. The van der Waals surface area contributed by atoms with Gasteiger partial charge in [-0.3, -0.25) is 0 Å². The van der Waals surface area contributed by atoms with Crippen LogP contribution in [0, 0.1) is 24.8 Å².